The molecule has 1 N–H and O–H groups in total. The van der Waals surface area contributed by atoms with Gasteiger partial charge in [0.15, 0.2) is 17.5 Å². The third-order valence-corrected chi connectivity index (χ3v) is 3.51. The molecule has 0 bridgehead atoms. The number of ether oxygens (including phenoxy) is 3. The molecule has 120 valence electrons. The van der Waals surface area contributed by atoms with Crippen LogP contribution in [-0.2, 0) is 9.53 Å². The largest absolute Gasteiger partial charge is 0.486 e. The van der Waals surface area contributed by atoms with Gasteiger partial charge in [-0.1, -0.05) is 30.3 Å². The van der Waals surface area contributed by atoms with E-state index in [2.05, 4.69) is 5.32 Å². The van der Waals surface area contributed by atoms with Crippen molar-refractivity contribution < 1.29 is 19.0 Å². The summed E-state index contributed by atoms with van der Waals surface area (Å²) in [5, 5.41) is 3.22. The normalized spacial score (nSPS) is 14.0. The maximum atomic E-state index is 12.3. The lowest BCUT2D eigenvalue weighted by molar-refractivity contribution is -0.144. The van der Waals surface area contributed by atoms with Gasteiger partial charge >= 0.3 is 5.97 Å². The number of nitrogens with one attached hydrogen (secondary N) is 1. The molecule has 0 radical (unpaired) electrons. The minimum absolute atomic E-state index is 0.311. The fourth-order valence-electron chi connectivity index (χ4n) is 2.45. The molecule has 2 aromatic carbocycles. The van der Waals surface area contributed by atoms with Crippen LogP contribution in [0, 0.1) is 0 Å². The lowest BCUT2D eigenvalue weighted by atomic mass is 10.1. The van der Waals surface area contributed by atoms with Crippen molar-refractivity contribution in [2.75, 3.05) is 25.1 Å². The van der Waals surface area contributed by atoms with Crippen molar-refractivity contribution in [1.82, 2.24) is 0 Å². The van der Waals surface area contributed by atoms with Gasteiger partial charge in [-0.25, -0.2) is 4.79 Å². The summed E-state index contributed by atoms with van der Waals surface area (Å²) in [4.78, 5) is 12.3. The zero-order valence-electron chi connectivity index (χ0n) is 13.0. The summed E-state index contributed by atoms with van der Waals surface area (Å²) in [7, 11) is 0. The van der Waals surface area contributed by atoms with Crippen LogP contribution in [0.15, 0.2) is 48.5 Å². The van der Waals surface area contributed by atoms with Crippen molar-refractivity contribution in [2.24, 2.45) is 0 Å². The Morgan fingerprint density at radius 1 is 1.13 bits per heavy atom. The second-order valence-corrected chi connectivity index (χ2v) is 5.10. The van der Waals surface area contributed by atoms with Crippen LogP contribution in [-0.4, -0.2) is 25.8 Å². The van der Waals surface area contributed by atoms with Crippen LogP contribution >= 0.6 is 0 Å². The number of esters is 1. The zero-order valence-corrected chi connectivity index (χ0v) is 13.0. The molecule has 0 unspecified atom stereocenters. The molecule has 3 rings (SSSR count). The lowest BCUT2D eigenvalue weighted by Gasteiger charge is -2.22. The smallest absolute Gasteiger partial charge is 0.333 e. The molecule has 1 aliphatic heterocycles. The Hall–Kier alpha value is -2.69. The molecule has 0 spiro atoms. The van der Waals surface area contributed by atoms with E-state index in [-0.39, 0.29) is 5.97 Å². The average molecular weight is 313 g/mol. The predicted octanol–water partition coefficient (Wildman–Crippen LogP) is 3.17. The first-order valence-corrected chi connectivity index (χ1v) is 7.65. The summed E-state index contributed by atoms with van der Waals surface area (Å²) in [6.45, 7) is 3.21. The Labute approximate surface area is 135 Å². The number of carbonyl (C=O) groups is 1. The van der Waals surface area contributed by atoms with Crippen molar-refractivity contribution in [3.8, 4) is 11.5 Å². The standard InChI is InChI=1S/C18H19NO4/c1-2-21-18(20)17(13-6-4-3-5-7-13)19-14-8-9-15-16(12-14)23-11-10-22-15/h3-9,12,17,19H,2,10-11H2,1H3/t17-/m1/s1. The summed E-state index contributed by atoms with van der Waals surface area (Å²) < 4.78 is 16.3. The van der Waals surface area contributed by atoms with Gasteiger partial charge in [-0.2, -0.15) is 0 Å². The molecular formula is C18H19NO4. The van der Waals surface area contributed by atoms with Crippen molar-refractivity contribution in [3.05, 3.63) is 54.1 Å². The molecule has 5 nitrogen and oxygen atoms in total. The summed E-state index contributed by atoms with van der Waals surface area (Å²) in [6, 6.07) is 14.5. The molecule has 23 heavy (non-hydrogen) atoms. The maximum Gasteiger partial charge on any atom is 0.333 e. The first kappa shape index (κ1) is 15.2. The van der Waals surface area contributed by atoms with Gasteiger partial charge in [0.2, 0.25) is 0 Å². The third kappa shape index (κ3) is 3.56. The van der Waals surface area contributed by atoms with Gasteiger partial charge < -0.3 is 19.5 Å². The van der Waals surface area contributed by atoms with E-state index in [9.17, 15) is 4.79 Å². The summed E-state index contributed by atoms with van der Waals surface area (Å²) in [5.41, 5.74) is 1.62. The van der Waals surface area contributed by atoms with E-state index in [4.69, 9.17) is 14.2 Å². The van der Waals surface area contributed by atoms with E-state index in [0.29, 0.717) is 31.3 Å². The SMILES string of the molecule is CCOC(=O)[C@H](Nc1ccc2c(c1)OCCO2)c1ccccc1. The van der Waals surface area contributed by atoms with Crippen LogP contribution in [0.25, 0.3) is 0 Å². The van der Waals surface area contributed by atoms with Crippen LogP contribution in [0.5, 0.6) is 11.5 Å². The van der Waals surface area contributed by atoms with Crippen molar-refractivity contribution in [3.63, 3.8) is 0 Å². The molecular weight excluding hydrogens is 294 g/mol. The second-order valence-electron chi connectivity index (χ2n) is 5.10. The van der Waals surface area contributed by atoms with Crippen molar-refractivity contribution >= 4 is 11.7 Å². The van der Waals surface area contributed by atoms with E-state index in [1.807, 2.05) is 48.5 Å². The monoisotopic (exact) mass is 313 g/mol. The molecule has 0 amide bonds. The van der Waals surface area contributed by atoms with E-state index in [0.717, 1.165) is 11.3 Å². The van der Waals surface area contributed by atoms with E-state index in [1.165, 1.54) is 0 Å². The molecule has 0 aromatic heterocycles. The highest BCUT2D eigenvalue weighted by atomic mass is 16.6. The molecule has 5 heteroatoms. The van der Waals surface area contributed by atoms with Crippen LogP contribution in [0.2, 0.25) is 0 Å². The van der Waals surface area contributed by atoms with Crippen molar-refractivity contribution in [2.45, 2.75) is 13.0 Å². The first-order chi connectivity index (χ1) is 11.3. The molecule has 1 heterocycles. The van der Waals surface area contributed by atoms with Crippen LogP contribution in [0.3, 0.4) is 0 Å². The Morgan fingerprint density at radius 3 is 2.61 bits per heavy atom. The highest BCUT2D eigenvalue weighted by molar-refractivity contribution is 5.81. The van der Waals surface area contributed by atoms with Gasteiger partial charge in [0.1, 0.15) is 13.2 Å². The number of hydrogen-bond donors (Lipinski definition) is 1. The van der Waals surface area contributed by atoms with Crippen LogP contribution in [0.4, 0.5) is 5.69 Å². The second kappa shape index (κ2) is 7.05. The molecule has 2 aromatic rings. The Morgan fingerprint density at radius 2 is 1.87 bits per heavy atom. The number of benzene rings is 2. The molecule has 1 atom stereocenters. The van der Waals surface area contributed by atoms with E-state index in [1.54, 1.807) is 6.92 Å². The number of carbonyl (C=O) groups excluding carboxylic acids is 1. The topological polar surface area (TPSA) is 56.8 Å². The Balaban J connectivity index is 1.85. The van der Waals surface area contributed by atoms with Crippen molar-refractivity contribution in [1.29, 1.82) is 0 Å². The summed E-state index contributed by atoms with van der Waals surface area (Å²) in [6.07, 6.45) is 0. The third-order valence-electron chi connectivity index (χ3n) is 3.51. The zero-order chi connectivity index (χ0) is 16.1. The molecule has 1 aliphatic rings. The summed E-state index contributed by atoms with van der Waals surface area (Å²) in [5.74, 6) is 1.08. The average Bonchev–Trinajstić information content (AvgIpc) is 2.60. The van der Waals surface area contributed by atoms with Gasteiger partial charge in [0, 0.05) is 11.8 Å². The fourth-order valence-corrected chi connectivity index (χ4v) is 2.45. The first-order valence-electron chi connectivity index (χ1n) is 7.65. The van der Waals surface area contributed by atoms with Gasteiger partial charge in [-0.15, -0.1) is 0 Å². The van der Waals surface area contributed by atoms with Gasteiger partial charge in [-0.05, 0) is 24.6 Å². The number of anilines is 1. The quantitative estimate of drug-likeness (QED) is 0.859. The van der Waals surface area contributed by atoms with Gasteiger partial charge in [0.05, 0.1) is 6.61 Å². The van der Waals surface area contributed by atoms with E-state index >= 15 is 0 Å². The van der Waals surface area contributed by atoms with E-state index < -0.39 is 6.04 Å². The predicted molar refractivity (Wildman–Crippen MR) is 86.9 cm³/mol. The van der Waals surface area contributed by atoms with Gasteiger partial charge in [0.25, 0.3) is 0 Å². The minimum Gasteiger partial charge on any atom is -0.486 e. The molecule has 0 aliphatic carbocycles. The van der Waals surface area contributed by atoms with Crippen LogP contribution < -0.4 is 14.8 Å². The number of hydrogen-bond acceptors (Lipinski definition) is 5. The molecule has 0 fully saturated rings. The minimum atomic E-state index is -0.571. The Bertz CT molecular complexity index is 672. The highest BCUT2D eigenvalue weighted by Gasteiger charge is 2.22. The summed E-state index contributed by atoms with van der Waals surface area (Å²) >= 11 is 0. The maximum absolute atomic E-state index is 12.3. The molecule has 0 saturated carbocycles. The number of rotatable bonds is 5. The highest BCUT2D eigenvalue weighted by Crippen LogP contribution is 2.34. The Kier molecular flexibility index (Phi) is 4.66. The number of fused-ring (bicyclic) bond motifs is 1. The fraction of sp³-hybridized carbons (Fsp3) is 0.278. The lowest BCUT2D eigenvalue weighted by Crippen LogP contribution is -2.23. The molecule has 0 saturated heterocycles. The van der Waals surface area contributed by atoms with Gasteiger partial charge in [-0.3, -0.25) is 0 Å². The van der Waals surface area contributed by atoms with Crippen LogP contribution in [0.1, 0.15) is 18.5 Å².